The van der Waals surface area contributed by atoms with Crippen LogP contribution in [0.4, 0.5) is 0 Å². The number of ether oxygens (including phenoxy) is 1. The first-order valence-corrected chi connectivity index (χ1v) is 10.7. The molecule has 0 fully saturated rings. The Morgan fingerprint density at radius 3 is 2.33 bits per heavy atom. The summed E-state index contributed by atoms with van der Waals surface area (Å²) in [6.07, 6.45) is 0. The van der Waals surface area contributed by atoms with E-state index in [4.69, 9.17) is 39.5 Å². The summed E-state index contributed by atoms with van der Waals surface area (Å²) in [7, 11) is 0. The molecular formula is C22H25Cl3N2O3. The van der Waals surface area contributed by atoms with Crippen LogP contribution in [0.5, 0.6) is 5.75 Å². The van der Waals surface area contributed by atoms with Crippen LogP contribution in [0.25, 0.3) is 0 Å². The Hall–Kier alpha value is -1.95. The lowest BCUT2D eigenvalue weighted by atomic mass is 10.1. The normalized spacial score (nSPS) is 11.8. The van der Waals surface area contributed by atoms with Crippen LogP contribution >= 0.6 is 34.8 Å². The number of hydrogen-bond acceptors (Lipinski definition) is 3. The van der Waals surface area contributed by atoms with Crippen molar-refractivity contribution in [2.45, 2.75) is 33.4 Å². The van der Waals surface area contributed by atoms with Crippen LogP contribution in [0.3, 0.4) is 0 Å². The van der Waals surface area contributed by atoms with Crippen molar-refractivity contribution in [2.24, 2.45) is 5.92 Å². The van der Waals surface area contributed by atoms with Crippen LogP contribution in [-0.2, 0) is 16.1 Å². The van der Waals surface area contributed by atoms with E-state index in [0.29, 0.717) is 33.3 Å². The van der Waals surface area contributed by atoms with Gasteiger partial charge in [-0.1, -0.05) is 66.8 Å². The van der Waals surface area contributed by atoms with Gasteiger partial charge in [0.15, 0.2) is 6.61 Å². The molecule has 8 heteroatoms. The highest BCUT2D eigenvalue weighted by Crippen LogP contribution is 2.25. The number of carbonyl (C=O) groups is 2. The molecule has 1 atom stereocenters. The third-order valence-corrected chi connectivity index (χ3v) is 5.43. The molecule has 0 aliphatic carbocycles. The van der Waals surface area contributed by atoms with Crippen molar-refractivity contribution in [3.63, 3.8) is 0 Å². The summed E-state index contributed by atoms with van der Waals surface area (Å²) < 4.78 is 5.59. The predicted octanol–water partition coefficient (Wildman–Crippen LogP) is 5.22. The first kappa shape index (κ1) is 24.3. The lowest BCUT2D eigenvalue weighted by molar-refractivity contribution is -0.142. The molecule has 0 bridgehead atoms. The van der Waals surface area contributed by atoms with Crippen LogP contribution in [0.2, 0.25) is 15.1 Å². The molecule has 0 heterocycles. The number of para-hydroxylation sites is 1. The fraction of sp³-hybridized carbons (Fsp3) is 0.364. The second-order valence-corrected chi connectivity index (χ2v) is 8.53. The number of halogens is 3. The van der Waals surface area contributed by atoms with E-state index in [1.807, 2.05) is 13.8 Å². The van der Waals surface area contributed by atoms with E-state index in [-0.39, 0.29) is 25.0 Å². The molecular weight excluding hydrogens is 447 g/mol. The number of carbonyl (C=O) groups excluding carboxylic acids is 2. The lowest BCUT2D eigenvalue weighted by Crippen LogP contribution is -2.49. The maximum absolute atomic E-state index is 13.0. The summed E-state index contributed by atoms with van der Waals surface area (Å²) >= 11 is 18.2. The second-order valence-electron chi connectivity index (χ2n) is 7.30. The minimum absolute atomic E-state index is 0.178. The summed E-state index contributed by atoms with van der Waals surface area (Å²) in [5.74, 6) is 0.103. The fourth-order valence-electron chi connectivity index (χ4n) is 2.65. The minimum atomic E-state index is -0.708. The summed E-state index contributed by atoms with van der Waals surface area (Å²) in [6.45, 7) is 6.13. The summed E-state index contributed by atoms with van der Waals surface area (Å²) in [4.78, 5) is 27.1. The molecule has 0 spiro atoms. The van der Waals surface area contributed by atoms with Gasteiger partial charge in [-0.05, 0) is 42.7 Å². The Morgan fingerprint density at radius 2 is 1.70 bits per heavy atom. The smallest absolute Gasteiger partial charge is 0.261 e. The van der Waals surface area contributed by atoms with Gasteiger partial charge in [-0.15, -0.1) is 0 Å². The van der Waals surface area contributed by atoms with Gasteiger partial charge >= 0.3 is 0 Å². The van der Waals surface area contributed by atoms with Gasteiger partial charge in [0.1, 0.15) is 11.8 Å². The Morgan fingerprint density at radius 1 is 1.00 bits per heavy atom. The lowest BCUT2D eigenvalue weighted by Gasteiger charge is -2.29. The zero-order valence-corrected chi connectivity index (χ0v) is 19.4. The molecule has 0 saturated carbocycles. The standard InChI is InChI=1S/C22H25Cl3N2O3/c1-14(2)11-26-22(29)15(3)27(12-16-8-9-17(23)19(25)10-16)21(28)13-30-20-7-5-4-6-18(20)24/h4-10,14-15H,11-13H2,1-3H3,(H,26,29)/t15-/m1/s1. The molecule has 2 amide bonds. The number of nitrogens with one attached hydrogen (secondary N) is 1. The molecule has 0 saturated heterocycles. The molecule has 0 aromatic heterocycles. The predicted molar refractivity (Wildman–Crippen MR) is 121 cm³/mol. The molecule has 0 aliphatic rings. The van der Waals surface area contributed by atoms with Gasteiger partial charge in [0.2, 0.25) is 5.91 Å². The maximum Gasteiger partial charge on any atom is 0.261 e. The highest BCUT2D eigenvalue weighted by Gasteiger charge is 2.27. The van der Waals surface area contributed by atoms with E-state index in [1.165, 1.54) is 4.90 Å². The van der Waals surface area contributed by atoms with E-state index < -0.39 is 6.04 Å². The number of benzene rings is 2. The number of hydrogen-bond donors (Lipinski definition) is 1. The minimum Gasteiger partial charge on any atom is -0.482 e. The molecule has 30 heavy (non-hydrogen) atoms. The quantitative estimate of drug-likeness (QED) is 0.546. The SMILES string of the molecule is CC(C)CNC(=O)[C@@H](C)N(Cc1ccc(Cl)c(Cl)c1)C(=O)COc1ccccc1Cl. The number of amides is 2. The molecule has 1 N–H and O–H groups in total. The van der Waals surface area contributed by atoms with Gasteiger partial charge in [0.05, 0.1) is 15.1 Å². The highest BCUT2D eigenvalue weighted by molar-refractivity contribution is 6.42. The molecule has 0 radical (unpaired) electrons. The van der Waals surface area contributed by atoms with Gasteiger partial charge < -0.3 is 15.0 Å². The van der Waals surface area contributed by atoms with Crippen molar-refractivity contribution in [3.05, 3.63) is 63.1 Å². The van der Waals surface area contributed by atoms with Gasteiger partial charge in [-0.3, -0.25) is 9.59 Å². The second kappa shape index (κ2) is 11.4. The van der Waals surface area contributed by atoms with E-state index >= 15 is 0 Å². The largest absolute Gasteiger partial charge is 0.482 e. The number of rotatable bonds is 9. The fourth-order valence-corrected chi connectivity index (χ4v) is 3.16. The molecule has 0 aliphatic heterocycles. The molecule has 2 aromatic rings. The Kier molecular flexibility index (Phi) is 9.28. The van der Waals surface area contributed by atoms with E-state index in [9.17, 15) is 9.59 Å². The maximum atomic E-state index is 13.0. The third kappa shape index (κ3) is 7.08. The summed E-state index contributed by atoms with van der Waals surface area (Å²) in [5, 5.41) is 4.07. The van der Waals surface area contributed by atoms with Gasteiger partial charge in [-0.2, -0.15) is 0 Å². The average molecular weight is 472 g/mol. The summed E-state index contributed by atoms with van der Waals surface area (Å²) in [6, 6.07) is 11.3. The van der Waals surface area contributed by atoms with Crippen molar-refractivity contribution in [1.29, 1.82) is 0 Å². The average Bonchev–Trinajstić information content (AvgIpc) is 2.71. The van der Waals surface area contributed by atoms with Crippen molar-refractivity contribution in [2.75, 3.05) is 13.2 Å². The van der Waals surface area contributed by atoms with E-state index in [0.717, 1.165) is 5.56 Å². The zero-order chi connectivity index (χ0) is 22.3. The van der Waals surface area contributed by atoms with Gasteiger partial charge in [0.25, 0.3) is 5.91 Å². The Balaban J connectivity index is 2.18. The number of nitrogens with zero attached hydrogens (tertiary/aromatic N) is 1. The topological polar surface area (TPSA) is 58.6 Å². The first-order valence-electron chi connectivity index (χ1n) is 9.57. The van der Waals surface area contributed by atoms with Crippen LogP contribution in [0.15, 0.2) is 42.5 Å². The van der Waals surface area contributed by atoms with Crippen molar-refractivity contribution < 1.29 is 14.3 Å². The highest BCUT2D eigenvalue weighted by atomic mass is 35.5. The molecule has 2 aromatic carbocycles. The Labute approximate surface area is 192 Å². The van der Waals surface area contributed by atoms with Gasteiger partial charge in [-0.25, -0.2) is 0 Å². The summed E-state index contributed by atoms with van der Waals surface area (Å²) in [5.41, 5.74) is 0.749. The van der Waals surface area contributed by atoms with Crippen molar-refractivity contribution in [1.82, 2.24) is 10.2 Å². The third-order valence-electron chi connectivity index (χ3n) is 4.38. The van der Waals surface area contributed by atoms with Crippen LogP contribution in [0, 0.1) is 5.92 Å². The van der Waals surface area contributed by atoms with Crippen molar-refractivity contribution in [3.8, 4) is 5.75 Å². The van der Waals surface area contributed by atoms with E-state index in [2.05, 4.69) is 5.32 Å². The van der Waals surface area contributed by atoms with Gasteiger partial charge in [0, 0.05) is 13.1 Å². The van der Waals surface area contributed by atoms with E-state index in [1.54, 1.807) is 49.4 Å². The molecule has 5 nitrogen and oxygen atoms in total. The Bertz CT molecular complexity index is 890. The van der Waals surface area contributed by atoms with Crippen LogP contribution in [-0.4, -0.2) is 35.9 Å². The monoisotopic (exact) mass is 470 g/mol. The molecule has 2 rings (SSSR count). The zero-order valence-electron chi connectivity index (χ0n) is 17.1. The first-order chi connectivity index (χ1) is 14.2. The van der Waals surface area contributed by atoms with Crippen LogP contribution < -0.4 is 10.1 Å². The molecule has 162 valence electrons. The van der Waals surface area contributed by atoms with Crippen molar-refractivity contribution >= 4 is 46.6 Å². The van der Waals surface area contributed by atoms with Crippen LogP contribution in [0.1, 0.15) is 26.3 Å². The molecule has 0 unspecified atom stereocenters.